The molecule has 4 N–H and O–H groups in total. The number of aromatic amines is 2. The van der Waals surface area contributed by atoms with E-state index >= 15 is 0 Å². The second-order valence-corrected chi connectivity index (χ2v) is 8.13. The second kappa shape index (κ2) is 10.4. The molecule has 5 rings (SSSR count). The molecule has 0 saturated heterocycles. The molecule has 0 bridgehead atoms. The Morgan fingerprint density at radius 3 is 2.65 bits per heavy atom. The molecule has 0 saturated carbocycles. The van der Waals surface area contributed by atoms with E-state index < -0.39 is 24.4 Å². The van der Waals surface area contributed by atoms with Crippen molar-refractivity contribution in [2.45, 2.75) is 12.5 Å². The van der Waals surface area contributed by atoms with Crippen molar-refractivity contribution in [3.8, 4) is 33.9 Å². The summed E-state index contributed by atoms with van der Waals surface area (Å²) in [5.41, 5.74) is 2.56. The largest absolute Gasteiger partial charge is 0.394 e. The number of hydrogen-bond donors (Lipinski definition) is 4. The summed E-state index contributed by atoms with van der Waals surface area (Å²) in [6.45, 7) is -0.391. The number of aliphatic hydroxyl groups excluding tert-OH is 1. The van der Waals surface area contributed by atoms with E-state index in [9.17, 15) is 18.7 Å². The van der Waals surface area contributed by atoms with Gasteiger partial charge in [-0.3, -0.25) is 14.9 Å². The first kappa shape index (κ1) is 23.9. The standard InChI is InChI=1S/C25H20F2N8O2/c26-15-8-6-14(7-9-15)20-12-22(31-30-20)23-18(3-1-5-19(23)27)25(37)29-16(13-36)11-21-17(4-2-10-28-21)24-32-34-35-33-24/h1-10,12,16,36H,11,13H2,(H,29,37)(H,30,31)(H,32,33,34,35)/t16-/m1/s1. The zero-order chi connectivity index (χ0) is 25.8. The van der Waals surface area contributed by atoms with E-state index in [0.717, 1.165) is 0 Å². The van der Waals surface area contributed by atoms with Crippen molar-refractivity contribution in [2.24, 2.45) is 0 Å². The van der Waals surface area contributed by atoms with Gasteiger partial charge in [0.05, 0.1) is 35.3 Å². The van der Waals surface area contributed by atoms with Crippen LogP contribution in [0.2, 0.25) is 0 Å². The molecule has 0 aliphatic carbocycles. The molecule has 0 radical (unpaired) electrons. The predicted molar refractivity (Wildman–Crippen MR) is 129 cm³/mol. The summed E-state index contributed by atoms with van der Waals surface area (Å²) in [6.07, 6.45) is 1.74. The van der Waals surface area contributed by atoms with Crippen LogP contribution in [0.1, 0.15) is 16.1 Å². The van der Waals surface area contributed by atoms with Crippen LogP contribution in [-0.4, -0.2) is 59.5 Å². The van der Waals surface area contributed by atoms with Gasteiger partial charge in [0.25, 0.3) is 5.91 Å². The van der Waals surface area contributed by atoms with E-state index in [0.29, 0.717) is 28.3 Å². The van der Waals surface area contributed by atoms with Gasteiger partial charge in [-0.05, 0) is 59.8 Å². The Balaban J connectivity index is 1.40. The lowest BCUT2D eigenvalue weighted by Gasteiger charge is -2.18. The fourth-order valence-electron chi connectivity index (χ4n) is 3.94. The number of tetrazole rings is 1. The number of carbonyl (C=O) groups is 1. The summed E-state index contributed by atoms with van der Waals surface area (Å²) < 4.78 is 28.3. The van der Waals surface area contributed by atoms with Crippen LogP contribution in [0.15, 0.2) is 66.9 Å². The average Bonchev–Trinajstić information content (AvgIpc) is 3.62. The van der Waals surface area contributed by atoms with Crippen LogP contribution in [0.25, 0.3) is 33.9 Å². The van der Waals surface area contributed by atoms with Crippen LogP contribution in [0, 0.1) is 11.6 Å². The van der Waals surface area contributed by atoms with E-state index in [2.05, 4.69) is 41.1 Å². The van der Waals surface area contributed by atoms with Crippen LogP contribution in [0.3, 0.4) is 0 Å². The number of halogens is 2. The number of amides is 1. The zero-order valence-electron chi connectivity index (χ0n) is 19.2. The van der Waals surface area contributed by atoms with Gasteiger partial charge in [-0.25, -0.2) is 8.78 Å². The summed E-state index contributed by atoms with van der Waals surface area (Å²) in [4.78, 5) is 17.6. The third-order valence-corrected chi connectivity index (χ3v) is 5.72. The van der Waals surface area contributed by atoms with Gasteiger partial charge in [0, 0.05) is 29.3 Å². The summed E-state index contributed by atoms with van der Waals surface area (Å²) in [5.74, 6) is -1.29. The molecule has 0 fully saturated rings. The predicted octanol–water partition coefficient (Wildman–Crippen LogP) is 2.93. The molecule has 0 spiro atoms. The molecule has 37 heavy (non-hydrogen) atoms. The second-order valence-electron chi connectivity index (χ2n) is 8.13. The number of aliphatic hydroxyl groups is 1. The highest BCUT2D eigenvalue weighted by Gasteiger charge is 2.23. The normalized spacial score (nSPS) is 11.9. The first-order valence-electron chi connectivity index (χ1n) is 11.2. The lowest BCUT2D eigenvalue weighted by atomic mass is 10.0. The number of rotatable bonds is 8. The molecule has 2 aromatic carbocycles. The molecule has 10 nitrogen and oxygen atoms in total. The number of carbonyl (C=O) groups excluding carboxylic acids is 1. The van der Waals surface area contributed by atoms with Gasteiger partial charge in [-0.15, -0.1) is 10.2 Å². The Labute approximate surface area is 208 Å². The smallest absolute Gasteiger partial charge is 0.252 e. The summed E-state index contributed by atoms with van der Waals surface area (Å²) in [5, 5.41) is 33.5. The van der Waals surface area contributed by atoms with Crippen molar-refractivity contribution < 1.29 is 18.7 Å². The molecular formula is C25H20F2N8O2. The van der Waals surface area contributed by atoms with Crippen LogP contribution in [0.4, 0.5) is 8.78 Å². The van der Waals surface area contributed by atoms with Gasteiger partial charge >= 0.3 is 0 Å². The average molecular weight is 502 g/mol. The highest BCUT2D eigenvalue weighted by atomic mass is 19.1. The van der Waals surface area contributed by atoms with Crippen molar-refractivity contribution in [1.29, 1.82) is 0 Å². The van der Waals surface area contributed by atoms with E-state index in [-0.39, 0.29) is 29.1 Å². The van der Waals surface area contributed by atoms with Crippen LogP contribution >= 0.6 is 0 Å². The van der Waals surface area contributed by atoms with Gasteiger partial charge in [0.15, 0.2) is 0 Å². The number of nitrogens with zero attached hydrogens (tertiary/aromatic N) is 5. The van der Waals surface area contributed by atoms with E-state index in [1.54, 1.807) is 36.5 Å². The van der Waals surface area contributed by atoms with Crippen LogP contribution < -0.4 is 5.32 Å². The summed E-state index contributed by atoms with van der Waals surface area (Å²) in [7, 11) is 0. The molecule has 0 aliphatic rings. The molecule has 186 valence electrons. The maximum absolute atomic E-state index is 15.0. The molecular weight excluding hydrogens is 482 g/mol. The molecule has 5 aromatic rings. The SMILES string of the molecule is O=C(N[C@@H](CO)Cc1ncccc1-c1nn[nH]n1)c1cccc(F)c1-c1cc(-c2ccc(F)cc2)n[nH]1. The quantitative estimate of drug-likeness (QED) is 0.255. The fraction of sp³-hybridized carbons (Fsp3) is 0.120. The molecule has 0 aliphatic heterocycles. The Kier molecular flexibility index (Phi) is 6.72. The van der Waals surface area contributed by atoms with Crippen molar-refractivity contribution in [3.63, 3.8) is 0 Å². The number of nitrogens with one attached hydrogen (secondary N) is 3. The number of pyridine rings is 1. The van der Waals surface area contributed by atoms with E-state index in [4.69, 9.17) is 0 Å². The van der Waals surface area contributed by atoms with E-state index in [1.807, 2.05) is 0 Å². The number of H-pyrrole nitrogens is 2. The third-order valence-electron chi connectivity index (χ3n) is 5.72. The Morgan fingerprint density at radius 2 is 1.89 bits per heavy atom. The fourth-order valence-corrected chi connectivity index (χ4v) is 3.94. The van der Waals surface area contributed by atoms with Gasteiger partial charge in [-0.2, -0.15) is 10.3 Å². The minimum absolute atomic E-state index is 0.0165. The molecule has 0 unspecified atom stereocenters. The van der Waals surface area contributed by atoms with E-state index in [1.165, 1.54) is 30.3 Å². The monoisotopic (exact) mass is 502 g/mol. The van der Waals surface area contributed by atoms with Crippen LogP contribution in [-0.2, 0) is 6.42 Å². The van der Waals surface area contributed by atoms with Gasteiger partial charge < -0.3 is 10.4 Å². The third kappa shape index (κ3) is 5.09. The number of aromatic nitrogens is 7. The summed E-state index contributed by atoms with van der Waals surface area (Å²) >= 11 is 0. The first-order chi connectivity index (χ1) is 18.0. The minimum atomic E-state index is -0.735. The number of benzene rings is 2. The van der Waals surface area contributed by atoms with Gasteiger partial charge in [-0.1, -0.05) is 6.07 Å². The minimum Gasteiger partial charge on any atom is -0.394 e. The molecule has 3 aromatic heterocycles. The topological polar surface area (TPSA) is 145 Å². The van der Waals surface area contributed by atoms with Gasteiger partial charge in [0.2, 0.25) is 5.82 Å². The molecule has 1 atom stereocenters. The Hall–Kier alpha value is -4.84. The van der Waals surface area contributed by atoms with Crippen molar-refractivity contribution in [3.05, 3.63) is 89.8 Å². The maximum atomic E-state index is 15.0. The zero-order valence-corrected chi connectivity index (χ0v) is 19.2. The number of hydrogen-bond acceptors (Lipinski definition) is 7. The highest BCUT2D eigenvalue weighted by molar-refractivity contribution is 6.01. The van der Waals surface area contributed by atoms with Crippen molar-refractivity contribution in [2.75, 3.05) is 6.61 Å². The first-order valence-corrected chi connectivity index (χ1v) is 11.2. The molecule has 1 amide bonds. The lowest BCUT2D eigenvalue weighted by molar-refractivity contribution is 0.0916. The Bertz CT molecular complexity index is 1520. The highest BCUT2D eigenvalue weighted by Crippen LogP contribution is 2.29. The lowest BCUT2D eigenvalue weighted by Crippen LogP contribution is -2.39. The molecule has 12 heteroatoms. The van der Waals surface area contributed by atoms with Crippen molar-refractivity contribution >= 4 is 5.91 Å². The van der Waals surface area contributed by atoms with Gasteiger partial charge in [0.1, 0.15) is 11.6 Å². The Morgan fingerprint density at radius 1 is 1.05 bits per heavy atom. The molecule has 3 heterocycles. The van der Waals surface area contributed by atoms with Crippen molar-refractivity contribution in [1.82, 2.24) is 41.1 Å². The van der Waals surface area contributed by atoms with Crippen LogP contribution in [0.5, 0.6) is 0 Å². The summed E-state index contributed by atoms with van der Waals surface area (Å²) in [6, 6.07) is 14.2. The maximum Gasteiger partial charge on any atom is 0.252 e.